The average molecular weight is 308 g/mol. The number of para-hydroxylation sites is 1. The highest BCUT2D eigenvalue weighted by Crippen LogP contribution is 2.24. The molecule has 0 aliphatic rings. The fraction of sp³-hybridized carbons (Fsp3) is 0.222. The van der Waals surface area contributed by atoms with Gasteiger partial charge < -0.3 is 15.1 Å². The van der Waals surface area contributed by atoms with Gasteiger partial charge in [-0.2, -0.15) is 0 Å². The number of benzene rings is 1. The molecular formula is C18H20N4O. The maximum absolute atomic E-state index is 5.90. The molecule has 23 heavy (non-hydrogen) atoms. The molecule has 5 nitrogen and oxygen atoms in total. The van der Waals surface area contributed by atoms with Crippen LogP contribution >= 0.6 is 0 Å². The van der Waals surface area contributed by atoms with Crippen LogP contribution in [0, 0.1) is 6.92 Å². The van der Waals surface area contributed by atoms with Crippen molar-refractivity contribution in [2.75, 3.05) is 7.05 Å². The van der Waals surface area contributed by atoms with Gasteiger partial charge in [0.1, 0.15) is 11.3 Å². The van der Waals surface area contributed by atoms with Crippen molar-refractivity contribution in [1.82, 2.24) is 15.6 Å². The molecule has 0 amide bonds. The summed E-state index contributed by atoms with van der Waals surface area (Å²) in [4.78, 5) is 8.51. The van der Waals surface area contributed by atoms with Crippen molar-refractivity contribution in [3.63, 3.8) is 0 Å². The standard InChI is InChI=1S/C18H20N4O/c1-13-15-8-3-4-9-16(15)23-17(13)12-22-18(19-2)21-11-14-7-5-6-10-20-14/h3-10H,11-12H2,1-2H3,(H2,19,21,22). The number of aryl methyl sites for hydroxylation is 1. The zero-order chi connectivity index (χ0) is 16.1. The van der Waals surface area contributed by atoms with Crippen LogP contribution in [0.15, 0.2) is 58.1 Å². The lowest BCUT2D eigenvalue weighted by Crippen LogP contribution is -2.36. The van der Waals surface area contributed by atoms with Gasteiger partial charge in [-0.1, -0.05) is 24.3 Å². The molecule has 0 saturated carbocycles. The molecule has 0 aliphatic carbocycles. The van der Waals surface area contributed by atoms with Gasteiger partial charge in [-0.05, 0) is 25.1 Å². The van der Waals surface area contributed by atoms with Gasteiger partial charge in [0, 0.05) is 24.2 Å². The molecule has 3 aromatic rings. The third-order valence-corrected chi connectivity index (χ3v) is 3.75. The van der Waals surface area contributed by atoms with Gasteiger partial charge in [-0.3, -0.25) is 9.98 Å². The Labute approximate surface area is 135 Å². The number of hydrogen-bond donors (Lipinski definition) is 2. The first-order valence-corrected chi connectivity index (χ1v) is 7.59. The van der Waals surface area contributed by atoms with E-state index in [1.54, 1.807) is 13.2 Å². The zero-order valence-corrected chi connectivity index (χ0v) is 13.3. The maximum atomic E-state index is 5.90. The van der Waals surface area contributed by atoms with E-state index >= 15 is 0 Å². The summed E-state index contributed by atoms with van der Waals surface area (Å²) in [5.74, 6) is 1.64. The Morgan fingerprint density at radius 2 is 1.87 bits per heavy atom. The fourth-order valence-corrected chi connectivity index (χ4v) is 2.46. The molecule has 118 valence electrons. The van der Waals surface area contributed by atoms with E-state index < -0.39 is 0 Å². The minimum Gasteiger partial charge on any atom is -0.459 e. The number of nitrogens with one attached hydrogen (secondary N) is 2. The van der Waals surface area contributed by atoms with Gasteiger partial charge in [0.05, 0.1) is 18.8 Å². The SMILES string of the molecule is CN=C(NCc1ccccn1)NCc1oc2ccccc2c1C. The highest BCUT2D eigenvalue weighted by atomic mass is 16.3. The van der Waals surface area contributed by atoms with Crippen LogP contribution in [0.2, 0.25) is 0 Å². The van der Waals surface area contributed by atoms with E-state index in [1.807, 2.05) is 36.4 Å². The highest BCUT2D eigenvalue weighted by Gasteiger charge is 2.10. The molecule has 0 radical (unpaired) electrons. The van der Waals surface area contributed by atoms with Crippen molar-refractivity contribution in [3.8, 4) is 0 Å². The lowest BCUT2D eigenvalue weighted by molar-refractivity contribution is 0.534. The molecule has 0 atom stereocenters. The summed E-state index contributed by atoms with van der Waals surface area (Å²) in [5, 5.41) is 7.67. The molecule has 2 aromatic heterocycles. The average Bonchev–Trinajstić information content (AvgIpc) is 2.92. The minimum atomic E-state index is 0.586. The number of hydrogen-bond acceptors (Lipinski definition) is 3. The minimum absolute atomic E-state index is 0.586. The first-order valence-electron chi connectivity index (χ1n) is 7.59. The number of furan rings is 1. The second-order valence-electron chi connectivity index (χ2n) is 5.25. The predicted molar refractivity (Wildman–Crippen MR) is 92.2 cm³/mol. The summed E-state index contributed by atoms with van der Waals surface area (Å²) in [6.45, 7) is 3.29. The Balaban J connectivity index is 1.62. The molecule has 1 aromatic carbocycles. The van der Waals surface area contributed by atoms with Gasteiger partial charge in [-0.25, -0.2) is 0 Å². The van der Waals surface area contributed by atoms with E-state index in [0.717, 1.165) is 33.9 Å². The number of rotatable bonds is 4. The van der Waals surface area contributed by atoms with Crippen LogP contribution < -0.4 is 10.6 Å². The Morgan fingerprint density at radius 3 is 2.61 bits per heavy atom. The summed E-state index contributed by atoms with van der Waals surface area (Å²) in [6, 6.07) is 13.9. The van der Waals surface area contributed by atoms with Crippen molar-refractivity contribution in [3.05, 3.63) is 65.7 Å². The van der Waals surface area contributed by atoms with Gasteiger partial charge in [0.2, 0.25) is 0 Å². The van der Waals surface area contributed by atoms with E-state index in [-0.39, 0.29) is 0 Å². The van der Waals surface area contributed by atoms with E-state index in [4.69, 9.17) is 4.42 Å². The van der Waals surface area contributed by atoms with Crippen LogP contribution in [0.4, 0.5) is 0 Å². The molecule has 0 unspecified atom stereocenters. The molecule has 2 N–H and O–H groups in total. The molecule has 0 bridgehead atoms. The van der Waals surface area contributed by atoms with Gasteiger partial charge in [0.25, 0.3) is 0 Å². The summed E-state index contributed by atoms with van der Waals surface area (Å²) < 4.78 is 5.90. The first kappa shape index (κ1) is 15.1. The Kier molecular flexibility index (Phi) is 4.57. The van der Waals surface area contributed by atoms with Crippen molar-refractivity contribution < 1.29 is 4.42 Å². The monoisotopic (exact) mass is 308 g/mol. The quantitative estimate of drug-likeness (QED) is 0.574. The summed E-state index contributed by atoms with van der Waals surface area (Å²) in [6.07, 6.45) is 1.78. The largest absolute Gasteiger partial charge is 0.459 e. The molecule has 2 heterocycles. The van der Waals surface area contributed by atoms with Crippen LogP contribution in [0.1, 0.15) is 17.0 Å². The predicted octanol–water partition coefficient (Wildman–Crippen LogP) is 3.00. The Morgan fingerprint density at radius 1 is 1.09 bits per heavy atom. The maximum Gasteiger partial charge on any atom is 0.191 e. The molecular weight excluding hydrogens is 288 g/mol. The third kappa shape index (κ3) is 3.51. The second-order valence-corrected chi connectivity index (χ2v) is 5.25. The van der Waals surface area contributed by atoms with Crippen LogP contribution in [-0.2, 0) is 13.1 Å². The molecule has 5 heteroatoms. The normalized spacial score (nSPS) is 11.7. The third-order valence-electron chi connectivity index (χ3n) is 3.75. The topological polar surface area (TPSA) is 62.5 Å². The lowest BCUT2D eigenvalue weighted by atomic mass is 10.1. The second kappa shape index (κ2) is 6.96. The molecule has 3 rings (SSSR count). The summed E-state index contributed by atoms with van der Waals surface area (Å²) in [5.41, 5.74) is 3.04. The van der Waals surface area contributed by atoms with E-state index in [1.165, 1.54) is 0 Å². The molecule has 0 aliphatic heterocycles. The first-order chi connectivity index (χ1) is 11.3. The number of guanidine groups is 1. The Hall–Kier alpha value is -2.82. The number of pyridine rings is 1. The molecule has 0 fully saturated rings. The van der Waals surface area contributed by atoms with Crippen LogP contribution in [0.25, 0.3) is 11.0 Å². The van der Waals surface area contributed by atoms with Crippen molar-refractivity contribution >= 4 is 16.9 Å². The van der Waals surface area contributed by atoms with Crippen LogP contribution in [-0.4, -0.2) is 18.0 Å². The smallest absolute Gasteiger partial charge is 0.191 e. The number of nitrogens with zero attached hydrogens (tertiary/aromatic N) is 2. The van der Waals surface area contributed by atoms with Gasteiger partial charge in [0.15, 0.2) is 5.96 Å². The molecule has 0 spiro atoms. The van der Waals surface area contributed by atoms with Gasteiger partial charge >= 0.3 is 0 Å². The van der Waals surface area contributed by atoms with Crippen LogP contribution in [0.5, 0.6) is 0 Å². The van der Waals surface area contributed by atoms with Crippen molar-refractivity contribution in [2.45, 2.75) is 20.0 Å². The van der Waals surface area contributed by atoms with E-state index in [0.29, 0.717) is 13.1 Å². The van der Waals surface area contributed by atoms with Gasteiger partial charge in [-0.15, -0.1) is 0 Å². The number of aliphatic imine (C=N–C) groups is 1. The lowest BCUT2D eigenvalue weighted by Gasteiger charge is -2.10. The summed E-state index contributed by atoms with van der Waals surface area (Å²) in [7, 11) is 1.75. The fourth-order valence-electron chi connectivity index (χ4n) is 2.46. The summed E-state index contributed by atoms with van der Waals surface area (Å²) >= 11 is 0. The zero-order valence-electron chi connectivity index (χ0n) is 13.3. The number of aromatic nitrogens is 1. The van der Waals surface area contributed by atoms with E-state index in [2.05, 4.69) is 33.6 Å². The molecule has 0 saturated heterocycles. The van der Waals surface area contributed by atoms with Crippen molar-refractivity contribution in [2.24, 2.45) is 4.99 Å². The van der Waals surface area contributed by atoms with Crippen molar-refractivity contribution in [1.29, 1.82) is 0 Å². The van der Waals surface area contributed by atoms with Crippen LogP contribution in [0.3, 0.4) is 0 Å². The van der Waals surface area contributed by atoms with E-state index in [9.17, 15) is 0 Å². The number of fused-ring (bicyclic) bond motifs is 1. The Bertz CT molecular complexity index is 808. The highest BCUT2D eigenvalue weighted by molar-refractivity contribution is 5.82.